The van der Waals surface area contributed by atoms with Crippen molar-refractivity contribution in [1.29, 1.82) is 0 Å². The van der Waals surface area contributed by atoms with Crippen LogP contribution in [0.3, 0.4) is 0 Å². The van der Waals surface area contributed by atoms with Crippen LogP contribution < -0.4 is 5.32 Å². The molecule has 1 heterocycles. The zero-order valence-corrected chi connectivity index (χ0v) is 15.0. The number of nitrogens with one attached hydrogen (secondary N) is 1. The predicted octanol–water partition coefficient (Wildman–Crippen LogP) is 4.10. The molecule has 1 aromatic heterocycles. The summed E-state index contributed by atoms with van der Waals surface area (Å²) in [5.41, 5.74) is 4.16. The molecule has 0 radical (unpaired) electrons. The molecule has 2 unspecified atom stereocenters. The van der Waals surface area contributed by atoms with E-state index in [-0.39, 0.29) is 5.54 Å². The number of aryl methyl sites for hydroxylation is 2. The maximum atomic E-state index is 4.82. The Hall–Kier alpha value is -0.960. The third kappa shape index (κ3) is 3.82. The van der Waals surface area contributed by atoms with E-state index in [4.69, 9.17) is 9.97 Å². The molecule has 1 N–H and O–H groups in total. The van der Waals surface area contributed by atoms with E-state index in [9.17, 15) is 0 Å². The number of hydrogen-bond donors (Lipinski definition) is 1. The minimum atomic E-state index is 0.148. The Morgan fingerprint density at radius 3 is 2.05 bits per heavy atom. The van der Waals surface area contributed by atoms with Crippen LogP contribution in [-0.4, -0.2) is 22.1 Å². The van der Waals surface area contributed by atoms with Crippen LogP contribution in [0.25, 0.3) is 0 Å². The Labute approximate surface area is 130 Å². The van der Waals surface area contributed by atoms with Crippen molar-refractivity contribution in [2.75, 3.05) is 6.54 Å². The molecular formula is C18H31N3. The van der Waals surface area contributed by atoms with E-state index in [1.807, 2.05) is 0 Å². The quantitative estimate of drug-likeness (QED) is 0.907. The van der Waals surface area contributed by atoms with E-state index in [1.54, 1.807) is 0 Å². The van der Waals surface area contributed by atoms with Crippen molar-refractivity contribution in [3.63, 3.8) is 0 Å². The van der Waals surface area contributed by atoms with E-state index in [1.165, 1.54) is 12.0 Å². The standard InChI is InChI=1S/C18H31N3/c1-11(10-19-17(4,5)6)15-12(2)20-16(21-13(15)3)14-9-18(14,7)8/h11,14,19H,9-10H2,1-8H3. The van der Waals surface area contributed by atoms with Gasteiger partial charge in [0.1, 0.15) is 5.82 Å². The first-order valence-electron chi connectivity index (χ1n) is 8.11. The number of nitrogens with zero attached hydrogens (tertiary/aromatic N) is 2. The van der Waals surface area contributed by atoms with Gasteiger partial charge in [-0.25, -0.2) is 9.97 Å². The lowest BCUT2D eigenvalue weighted by Crippen LogP contribution is -2.38. The van der Waals surface area contributed by atoms with E-state index < -0.39 is 0 Å². The average Bonchev–Trinajstić information content (AvgIpc) is 2.94. The molecule has 0 spiro atoms. The van der Waals surface area contributed by atoms with E-state index in [0.717, 1.165) is 23.8 Å². The van der Waals surface area contributed by atoms with Gasteiger partial charge in [0.05, 0.1) is 0 Å². The highest BCUT2D eigenvalue weighted by molar-refractivity contribution is 5.30. The monoisotopic (exact) mass is 289 g/mol. The highest BCUT2D eigenvalue weighted by atomic mass is 15.0. The normalized spacial score (nSPS) is 22.2. The van der Waals surface area contributed by atoms with Crippen molar-refractivity contribution in [1.82, 2.24) is 15.3 Å². The molecule has 2 atom stereocenters. The van der Waals surface area contributed by atoms with Gasteiger partial charge in [-0.05, 0) is 57.9 Å². The highest BCUT2D eigenvalue weighted by Crippen LogP contribution is 2.57. The van der Waals surface area contributed by atoms with Gasteiger partial charge in [0.15, 0.2) is 0 Å². The van der Waals surface area contributed by atoms with E-state index in [2.05, 4.69) is 60.7 Å². The summed E-state index contributed by atoms with van der Waals surface area (Å²) in [6, 6.07) is 0. The van der Waals surface area contributed by atoms with Crippen molar-refractivity contribution in [3.8, 4) is 0 Å². The molecule has 118 valence electrons. The van der Waals surface area contributed by atoms with Crippen molar-refractivity contribution in [3.05, 3.63) is 22.8 Å². The second kappa shape index (κ2) is 5.35. The van der Waals surface area contributed by atoms with Gasteiger partial charge in [-0.15, -0.1) is 0 Å². The SMILES string of the molecule is Cc1nc(C2CC2(C)C)nc(C)c1C(C)CNC(C)(C)C. The van der Waals surface area contributed by atoms with Crippen LogP contribution in [0.1, 0.15) is 82.6 Å². The number of rotatable bonds is 4. The predicted molar refractivity (Wildman–Crippen MR) is 88.8 cm³/mol. The molecule has 0 saturated heterocycles. The lowest BCUT2D eigenvalue weighted by molar-refractivity contribution is 0.411. The molecule has 1 fully saturated rings. The summed E-state index contributed by atoms with van der Waals surface area (Å²) >= 11 is 0. The summed E-state index contributed by atoms with van der Waals surface area (Å²) in [5, 5.41) is 3.58. The molecule has 21 heavy (non-hydrogen) atoms. The molecule has 1 saturated carbocycles. The van der Waals surface area contributed by atoms with Crippen LogP contribution >= 0.6 is 0 Å². The zero-order chi connectivity index (χ0) is 16.0. The summed E-state index contributed by atoms with van der Waals surface area (Å²) in [6.07, 6.45) is 1.21. The van der Waals surface area contributed by atoms with Crippen LogP contribution in [0.2, 0.25) is 0 Å². The Bertz CT molecular complexity index is 503. The summed E-state index contributed by atoms with van der Waals surface area (Å²) < 4.78 is 0. The Kier molecular flexibility index (Phi) is 4.18. The second-order valence-electron chi connectivity index (χ2n) is 8.44. The fourth-order valence-corrected chi connectivity index (χ4v) is 3.09. The molecule has 3 heteroatoms. The minimum absolute atomic E-state index is 0.148. The highest BCUT2D eigenvalue weighted by Gasteiger charge is 2.48. The molecule has 0 amide bonds. The maximum absolute atomic E-state index is 4.82. The van der Waals surface area contributed by atoms with Gasteiger partial charge >= 0.3 is 0 Å². The Morgan fingerprint density at radius 1 is 1.19 bits per heavy atom. The fourth-order valence-electron chi connectivity index (χ4n) is 3.09. The lowest BCUT2D eigenvalue weighted by Gasteiger charge is -2.25. The first-order valence-corrected chi connectivity index (χ1v) is 8.11. The van der Waals surface area contributed by atoms with Gasteiger partial charge in [-0.1, -0.05) is 20.8 Å². The van der Waals surface area contributed by atoms with Gasteiger partial charge in [0.2, 0.25) is 0 Å². The van der Waals surface area contributed by atoms with Crippen molar-refractivity contribution >= 4 is 0 Å². The van der Waals surface area contributed by atoms with Crippen LogP contribution in [0, 0.1) is 19.3 Å². The summed E-state index contributed by atoms with van der Waals surface area (Å²) in [7, 11) is 0. The van der Waals surface area contributed by atoms with Crippen molar-refractivity contribution < 1.29 is 0 Å². The number of aromatic nitrogens is 2. The summed E-state index contributed by atoms with van der Waals surface area (Å²) in [5.74, 6) is 2.03. The first kappa shape index (κ1) is 16.4. The van der Waals surface area contributed by atoms with Crippen LogP contribution in [0.15, 0.2) is 0 Å². The van der Waals surface area contributed by atoms with E-state index >= 15 is 0 Å². The first-order chi connectivity index (χ1) is 9.51. The van der Waals surface area contributed by atoms with Gasteiger partial charge in [-0.2, -0.15) is 0 Å². The molecule has 0 aliphatic heterocycles. The van der Waals surface area contributed by atoms with Gasteiger partial charge < -0.3 is 5.32 Å². The minimum Gasteiger partial charge on any atom is -0.311 e. The molecule has 0 bridgehead atoms. The summed E-state index contributed by atoms with van der Waals surface area (Å²) in [6.45, 7) is 18.7. The third-order valence-corrected chi connectivity index (χ3v) is 4.60. The van der Waals surface area contributed by atoms with Crippen LogP contribution in [0.4, 0.5) is 0 Å². The second-order valence-corrected chi connectivity index (χ2v) is 8.44. The zero-order valence-electron chi connectivity index (χ0n) is 15.0. The molecule has 1 aromatic rings. The van der Waals surface area contributed by atoms with Crippen molar-refractivity contribution in [2.45, 2.75) is 79.2 Å². The molecule has 1 aliphatic carbocycles. The van der Waals surface area contributed by atoms with Gasteiger partial charge in [-0.3, -0.25) is 0 Å². The smallest absolute Gasteiger partial charge is 0.132 e. The Balaban J connectivity index is 2.17. The molecule has 0 aromatic carbocycles. The number of hydrogen-bond acceptors (Lipinski definition) is 3. The largest absolute Gasteiger partial charge is 0.311 e. The third-order valence-electron chi connectivity index (χ3n) is 4.60. The molecule has 3 nitrogen and oxygen atoms in total. The summed E-state index contributed by atoms with van der Waals surface area (Å²) in [4.78, 5) is 9.64. The molecular weight excluding hydrogens is 258 g/mol. The van der Waals surface area contributed by atoms with Crippen LogP contribution in [-0.2, 0) is 0 Å². The average molecular weight is 289 g/mol. The van der Waals surface area contributed by atoms with Crippen molar-refractivity contribution in [2.24, 2.45) is 5.41 Å². The molecule has 1 aliphatic rings. The molecule has 2 rings (SSSR count). The van der Waals surface area contributed by atoms with Crippen LogP contribution in [0.5, 0.6) is 0 Å². The van der Waals surface area contributed by atoms with E-state index in [0.29, 0.717) is 17.3 Å². The Morgan fingerprint density at radius 2 is 1.67 bits per heavy atom. The van der Waals surface area contributed by atoms with Gasteiger partial charge in [0.25, 0.3) is 0 Å². The maximum Gasteiger partial charge on any atom is 0.132 e. The van der Waals surface area contributed by atoms with Gasteiger partial charge in [0, 0.05) is 29.4 Å². The lowest BCUT2D eigenvalue weighted by atomic mass is 9.96. The fraction of sp³-hybridized carbons (Fsp3) is 0.778. The topological polar surface area (TPSA) is 37.8 Å².